The molecule has 0 radical (unpaired) electrons. The van der Waals surface area contributed by atoms with Gasteiger partial charge in [-0.15, -0.1) is 0 Å². The molecule has 0 aliphatic rings. The van der Waals surface area contributed by atoms with E-state index >= 15 is 0 Å². The van der Waals surface area contributed by atoms with Crippen LogP contribution in [0.5, 0.6) is 0 Å². The van der Waals surface area contributed by atoms with Crippen molar-refractivity contribution in [3.8, 4) is 0 Å². The smallest absolute Gasteiger partial charge is 0.189 e. The Balaban J connectivity index is 3.16. The number of benzene rings is 1. The molecule has 90 valence electrons. The van der Waals surface area contributed by atoms with Gasteiger partial charge in [0.05, 0.1) is 11.4 Å². The van der Waals surface area contributed by atoms with E-state index in [9.17, 15) is 8.60 Å². The SMILES string of the molecule is CC(C)(C)Nc1cc(F)c(S(=O)O)cc1N. The Labute approximate surface area is 96.3 Å². The fraction of sp³-hybridized carbons (Fsp3) is 0.400. The van der Waals surface area contributed by atoms with Gasteiger partial charge in [-0.05, 0) is 26.8 Å². The minimum atomic E-state index is -2.36. The monoisotopic (exact) mass is 246 g/mol. The molecule has 0 saturated carbocycles. The van der Waals surface area contributed by atoms with E-state index in [1.807, 2.05) is 20.8 Å². The number of rotatable bonds is 2. The molecule has 0 bridgehead atoms. The Bertz CT molecular complexity index is 430. The van der Waals surface area contributed by atoms with Gasteiger partial charge in [0, 0.05) is 11.6 Å². The van der Waals surface area contributed by atoms with E-state index < -0.39 is 16.9 Å². The number of hydrogen-bond donors (Lipinski definition) is 3. The van der Waals surface area contributed by atoms with Crippen molar-refractivity contribution in [1.82, 2.24) is 0 Å². The number of halogens is 1. The van der Waals surface area contributed by atoms with Gasteiger partial charge in [-0.1, -0.05) is 0 Å². The Morgan fingerprint density at radius 2 is 2.00 bits per heavy atom. The fourth-order valence-corrected chi connectivity index (χ4v) is 1.67. The topological polar surface area (TPSA) is 75.3 Å². The molecule has 0 aliphatic heterocycles. The van der Waals surface area contributed by atoms with E-state index in [4.69, 9.17) is 10.3 Å². The van der Waals surface area contributed by atoms with Gasteiger partial charge >= 0.3 is 0 Å². The average molecular weight is 246 g/mol. The first-order chi connectivity index (χ1) is 7.20. The van der Waals surface area contributed by atoms with Crippen LogP contribution in [-0.4, -0.2) is 14.3 Å². The summed E-state index contributed by atoms with van der Waals surface area (Å²) >= 11 is -2.36. The Morgan fingerprint density at radius 1 is 1.44 bits per heavy atom. The summed E-state index contributed by atoms with van der Waals surface area (Å²) in [6, 6.07) is 2.30. The van der Waals surface area contributed by atoms with Crippen molar-refractivity contribution in [2.75, 3.05) is 11.1 Å². The number of hydrogen-bond acceptors (Lipinski definition) is 3. The van der Waals surface area contributed by atoms with Crippen molar-refractivity contribution in [3.63, 3.8) is 0 Å². The zero-order valence-electron chi connectivity index (χ0n) is 9.37. The molecule has 4 nitrogen and oxygen atoms in total. The van der Waals surface area contributed by atoms with E-state index in [2.05, 4.69) is 5.32 Å². The lowest BCUT2D eigenvalue weighted by Gasteiger charge is -2.23. The quantitative estimate of drug-likeness (QED) is 0.552. The Kier molecular flexibility index (Phi) is 3.54. The fourth-order valence-electron chi connectivity index (χ4n) is 1.22. The van der Waals surface area contributed by atoms with Crippen LogP contribution < -0.4 is 11.1 Å². The van der Waals surface area contributed by atoms with Crippen LogP contribution in [0, 0.1) is 5.82 Å². The predicted octanol–water partition coefficient (Wildman–Crippen LogP) is 2.20. The van der Waals surface area contributed by atoms with E-state index in [1.165, 1.54) is 6.07 Å². The minimum Gasteiger partial charge on any atom is -0.397 e. The predicted molar refractivity (Wildman–Crippen MR) is 63.2 cm³/mol. The third kappa shape index (κ3) is 3.18. The van der Waals surface area contributed by atoms with Crippen molar-refractivity contribution >= 4 is 22.5 Å². The van der Waals surface area contributed by atoms with Gasteiger partial charge in [-0.25, -0.2) is 8.60 Å². The van der Waals surface area contributed by atoms with Crippen LogP contribution in [0.25, 0.3) is 0 Å². The van der Waals surface area contributed by atoms with E-state index in [-0.39, 0.29) is 16.1 Å². The van der Waals surface area contributed by atoms with Crippen LogP contribution in [0.4, 0.5) is 15.8 Å². The third-order valence-corrected chi connectivity index (χ3v) is 2.49. The zero-order valence-corrected chi connectivity index (χ0v) is 10.2. The average Bonchev–Trinajstić information content (AvgIpc) is 2.07. The first-order valence-corrected chi connectivity index (χ1v) is 5.79. The molecule has 4 N–H and O–H groups in total. The van der Waals surface area contributed by atoms with Gasteiger partial charge in [0.15, 0.2) is 11.1 Å². The van der Waals surface area contributed by atoms with Crippen LogP contribution in [-0.2, 0) is 11.1 Å². The van der Waals surface area contributed by atoms with Crippen LogP contribution in [0.1, 0.15) is 20.8 Å². The molecule has 0 saturated heterocycles. The van der Waals surface area contributed by atoms with Crippen molar-refractivity contribution < 1.29 is 13.2 Å². The molecular weight excluding hydrogens is 231 g/mol. The summed E-state index contributed by atoms with van der Waals surface area (Å²) in [6.07, 6.45) is 0. The van der Waals surface area contributed by atoms with Crippen molar-refractivity contribution in [2.24, 2.45) is 0 Å². The maximum Gasteiger partial charge on any atom is 0.189 e. The molecule has 1 aromatic carbocycles. The molecule has 0 fully saturated rings. The van der Waals surface area contributed by atoms with Crippen molar-refractivity contribution in [2.45, 2.75) is 31.2 Å². The van der Waals surface area contributed by atoms with Crippen molar-refractivity contribution in [3.05, 3.63) is 17.9 Å². The molecule has 16 heavy (non-hydrogen) atoms. The summed E-state index contributed by atoms with van der Waals surface area (Å²) in [7, 11) is 0. The highest BCUT2D eigenvalue weighted by Crippen LogP contribution is 2.27. The lowest BCUT2D eigenvalue weighted by atomic mass is 10.1. The second kappa shape index (κ2) is 4.39. The molecule has 0 aliphatic carbocycles. The first kappa shape index (κ1) is 12.9. The highest BCUT2D eigenvalue weighted by molar-refractivity contribution is 7.79. The zero-order chi connectivity index (χ0) is 12.5. The van der Waals surface area contributed by atoms with Gasteiger partial charge in [-0.3, -0.25) is 0 Å². The molecular formula is C10H15FN2O2S. The molecule has 0 spiro atoms. The normalized spacial score (nSPS) is 13.6. The maximum atomic E-state index is 13.4. The van der Waals surface area contributed by atoms with Crippen LogP contribution >= 0.6 is 0 Å². The summed E-state index contributed by atoms with van der Waals surface area (Å²) in [6.45, 7) is 5.72. The second-order valence-electron chi connectivity index (χ2n) is 4.49. The first-order valence-electron chi connectivity index (χ1n) is 4.69. The standard InChI is InChI=1S/C10H15FN2O2S/c1-10(2,3)13-8-4-6(11)9(16(14)15)5-7(8)12/h4-5,13H,12H2,1-3H3,(H,14,15). The van der Waals surface area contributed by atoms with Crippen LogP contribution in [0.3, 0.4) is 0 Å². The summed E-state index contributed by atoms with van der Waals surface area (Å²) in [5, 5.41) is 3.01. The number of anilines is 2. The van der Waals surface area contributed by atoms with Crippen LogP contribution in [0.15, 0.2) is 17.0 Å². The van der Waals surface area contributed by atoms with E-state index in [0.717, 1.165) is 6.07 Å². The molecule has 0 heterocycles. The van der Waals surface area contributed by atoms with E-state index in [1.54, 1.807) is 0 Å². The highest BCUT2D eigenvalue weighted by atomic mass is 32.2. The molecule has 1 atom stereocenters. The Morgan fingerprint density at radius 3 is 2.44 bits per heavy atom. The summed E-state index contributed by atoms with van der Waals surface area (Å²) in [5.41, 5.74) is 6.06. The van der Waals surface area contributed by atoms with Crippen LogP contribution in [0.2, 0.25) is 0 Å². The third-order valence-electron chi connectivity index (χ3n) is 1.80. The lowest BCUT2D eigenvalue weighted by molar-refractivity contribution is 0.544. The molecule has 0 amide bonds. The largest absolute Gasteiger partial charge is 0.397 e. The number of nitrogen functional groups attached to an aromatic ring is 1. The minimum absolute atomic E-state index is 0.244. The second-order valence-corrected chi connectivity index (χ2v) is 5.43. The summed E-state index contributed by atoms with van der Waals surface area (Å²) < 4.78 is 33.0. The van der Waals surface area contributed by atoms with Gasteiger partial charge in [0.25, 0.3) is 0 Å². The van der Waals surface area contributed by atoms with E-state index in [0.29, 0.717) is 5.69 Å². The maximum absolute atomic E-state index is 13.4. The lowest BCUT2D eigenvalue weighted by Crippen LogP contribution is -2.26. The van der Waals surface area contributed by atoms with Gasteiger partial charge in [-0.2, -0.15) is 0 Å². The number of nitrogens with one attached hydrogen (secondary N) is 1. The molecule has 0 aromatic heterocycles. The molecule has 1 rings (SSSR count). The van der Waals surface area contributed by atoms with Gasteiger partial charge in [0.1, 0.15) is 10.7 Å². The van der Waals surface area contributed by atoms with Gasteiger partial charge in [0.2, 0.25) is 0 Å². The highest BCUT2D eigenvalue weighted by Gasteiger charge is 2.16. The summed E-state index contributed by atoms with van der Waals surface area (Å²) in [4.78, 5) is -0.308. The Hall–Kier alpha value is -1.14. The molecule has 1 unspecified atom stereocenters. The number of nitrogens with two attached hydrogens (primary N) is 1. The van der Waals surface area contributed by atoms with Gasteiger partial charge < -0.3 is 15.6 Å². The summed E-state index contributed by atoms with van der Waals surface area (Å²) in [5.74, 6) is -0.748. The van der Waals surface area contributed by atoms with Crippen molar-refractivity contribution in [1.29, 1.82) is 0 Å². The molecule has 6 heteroatoms. The molecule has 1 aromatic rings.